The third kappa shape index (κ3) is 1.40. The highest BCUT2D eigenvalue weighted by atomic mass is 15.3. The number of pyridine rings is 1. The second kappa shape index (κ2) is 2.93. The van der Waals surface area contributed by atoms with Crippen molar-refractivity contribution in [3.63, 3.8) is 0 Å². The molecule has 0 aliphatic heterocycles. The van der Waals surface area contributed by atoms with Gasteiger partial charge in [0.05, 0.1) is 5.69 Å². The predicted molar refractivity (Wildman–Crippen MR) is 53.8 cm³/mol. The zero-order chi connectivity index (χ0) is 9.26. The van der Waals surface area contributed by atoms with Crippen molar-refractivity contribution in [2.75, 3.05) is 5.73 Å². The molecule has 0 spiro atoms. The molecule has 0 aromatic carbocycles. The lowest BCUT2D eigenvalue weighted by atomic mass is 10.3. The lowest BCUT2D eigenvalue weighted by Gasteiger charge is -1.92. The Morgan fingerprint density at radius 1 is 1.31 bits per heavy atom. The van der Waals surface area contributed by atoms with Gasteiger partial charge in [-0.25, -0.2) is 0 Å². The van der Waals surface area contributed by atoms with Gasteiger partial charge in [0.1, 0.15) is 11.5 Å². The topological polar surface area (TPSA) is 56.7 Å². The van der Waals surface area contributed by atoms with Crippen LogP contribution in [0.25, 0.3) is 11.4 Å². The average molecular weight is 172 g/mol. The molecule has 0 saturated heterocycles. The van der Waals surface area contributed by atoms with Gasteiger partial charge in [-0.15, -0.1) is 0 Å². The van der Waals surface area contributed by atoms with Crippen LogP contribution in [-0.4, -0.2) is 22.7 Å². The summed E-state index contributed by atoms with van der Waals surface area (Å²) in [5.41, 5.74) is 7.30. The molecule has 5 heteroatoms. The quantitative estimate of drug-likeness (QED) is 0.612. The largest absolute Gasteiger partial charge is 0.385 e. The van der Waals surface area contributed by atoms with Crippen LogP contribution in [0.4, 0.5) is 5.82 Å². The minimum atomic E-state index is 0.639. The smallest absolute Gasteiger partial charge is 0.251 e. The average Bonchev–Trinajstić information content (AvgIpc) is 2.49. The van der Waals surface area contributed by atoms with Gasteiger partial charge in [0, 0.05) is 12.3 Å². The first-order valence-electron chi connectivity index (χ1n) is 3.98. The monoisotopic (exact) mass is 172 g/mol. The van der Waals surface area contributed by atoms with Gasteiger partial charge in [-0.1, -0.05) is 6.07 Å². The SMILES string of the molecule is Bn1nc(-c2ccccn2)cc1N. The summed E-state index contributed by atoms with van der Waals surface area (Å²) in [6.07, 6.45) is 1.74. The lowest BCUT2D eigenvalue weighted by Crippen LogP contribution is -1.99. The summed E-state index contributed by atoms with van der Waals surface area (Å²) < 4.78 is 1.63. The molecule has 4 nitrogen and oxygen atoms in total. The molecular formula is C8H9BN4. The molecule has 2 heterocycles. The third-order valence-corrected chi connectivity index (χ3v) is 1.84. The van der Waals surface area contributed by atoms with Crippen LogP contribution in [-0.2, 0) is 0 Å². The van der Waals surface area contributed by atoms with Crippen molar-refractivity contribution in [3.8, 4) is 11.4 Å². The maximum Gasteiger partial charge on any atom is 0.251 e. The molecule has 0 atom stereocenters. The van der Waals surface area contributed by atoms with Gasteiger partial charge in [0.15, 0.2) is 0 Å². The van der Waals surface area contributed by atoms with Crippen molar-refractivity contribution in [2.24, 2.45) is 0 Å². The van der Waals surface area contributed by atoms with E-state index in [0.717, 1.165) is 11.4 Å². The molecule has 0 bridgehead atoms. The van der Waals surface area contributed by atoms with Crippen molar-refractivity contribution >= 4 is 13.8 Å². The van der Waals surface area contributed by atoms with Gasteiger partial charge in [0.25, 0.3) is 7.98 Å². The number of hydrogen-bond acceptors (Lipinski definition) is 3. The number of aromatic nitrogens is 3. The van der Waals surface area contributed by atoms with Crippen LogP contribution in [0.5, 0.6) is 0 Å². The van der Waals surface area contributed by atoms with E-state index < -0.39 is 0 Å². The van der Waals surface area contributed by atoms with Gasteiger partial charge >= 0.3 is 0 Å². The van der Waals surface area contributed by atoms with E-state index in [4.69, 9.17) is 5.73 Å². The van der Waals surface area contributed by atoms with Crippen LogP contribution in [0.1, 0.15) is 0 Å². The number of rotatable bonds is 1. The van der Waals surface area contributed by atoms with Gasteiger partial charge in [0.2, 0.25) is 0 Å². The van der Waals surface area contributed by atoms with Gasteiger partial charge in [-0.2, -0.15) is 5.10 Å². The Morgan fingerprint density at radius 3 is 2.69 bits per heavy atom. The van der Waals surface area contributed by atoms with E-state index in [1.165, 1.54) is 0 Å². The molecule has 13 heavy (non-hydrogen) atoms. The minimum absolute atomic E-state index is 0.639. The molecule has 0 radical (unpaired) electrons. The summed E-state index contributed by atoms with van der Waals surface area (Å²) in [4.78, 5) is 4.17. The Morgan fingerprint density at radius 2 is 2.15 bits per heavy atom. The Balaban J connectivity index is 2.48. The van der Waals surface area contributed by atoms with Gasteiger partial charge < -0.3 is 10.3 Å². The van der Waals surface area contributed by atoms with E-state index in [9.17, 15) is 0 Å². The number of anilines is 1. The Labute approximate surface area is 76.8 Å². The summed E-state index contributed by atoms with van der Waals surface area (Å²) in [7, 11) is 1.81. The molecule has 0 amide bonds. The van der Waals surface area contributed by atoms with Crippen LogP contribution in [0.2, 0.25) is 0 Å². The maximum absolute atomic E-state index is 5.65. The molecule has 2 aromatic heterocycles. The molecule has 0 saturated carbocycles. The van der Waals surface area contributed by atoms with Gasteiger partial charge in [-0.3, -0.25) is 4.98 Å². The van der Waals surface area contributed by atoms with Crippen LogP contribution in [0.15, 0.2) is 30.5 Å². The summed E-state index contributed by atoms with van der Waals surface area (Å²) in [5.74, 6) is 0.639. The van der Waals surface area contributed by atoms with E-state index in [0.29, 0.717) is 5.82 Å². The number of nitrogens with zero attached hydrogens (tertiary/aromatic N) is 3. The van der Waals surface area contributed by atoms with E-state index in [1.54, 1.807) is 10.8 Å². The van der Waals surface area contributed by atoms with E-state index in [1.807, 2.05) is 32.2 Å². The van der Waals surface area contributed by atoms with Crippen molar-refractivity contribution in [2.45, 2.75) is 0 Å². The number of nitrogen functional groups attached to an aromatic ring is 1. The summed E-state index contributed by atoms with van der Waals surface area (Å²) in [6, 6.07) is 7.51. The molecule has 2 N–H and O–H groups in total. The molecular weight excluding hydrogens is 163 g/mol. The van der Waals surface area contributed by atoms with E-state index in [2.05, 4.69) is 10.1 Å². The number of nitrogens with two attached hydrogens (primary N) is 1. The predicted octanol–water partition coefficient (Wildman–Crippen LogP) is -0.0765. The van der Waals surface area contributed by atoms with Crippen molar-refractivity contribution < 1.29 is 0 Å². The van der Waals surface area contributed by atoms with Crippen molar-refractivity contribution in [1.29, 1.82) is 0 Å². The normalized spacial score (nSPS) is 10.2. The molecule has 0 aliphatic rings. The first kappa shape index (κ1) is 7.85. The van der Waals surface area contributed by atoms with Crippen molar-refractivity contribution in [3.05, 3.63) is 30.5 Å². The Bertz CT molecular complexity index is 390. The summed E-state index contributed by atoms with van der Waals surface area (Å²) in [6.45, 7) is 0. The second-order valence-electron chi connectivity index (χ2n) is 2.79. The summed E-state index contributed by atoms with van der Waals surface area (Å²) in [5, 5.41) is 4.21. The Kier molecular flexibility index (Phi) is 1.77. The second-order valence-corrected chi connectivity index (χ2v) is 2.79. The van der Waals surface area contributed by atoms with E-state index >= 15 is 0 Å². The first-order valence-corrected chi connectivity index (χ1v) is 3.98. The lowest BCUT2D eigenvalue weighted by molar-refractivity contribution is 1.00. The van der Waals surface area contributed by atoms with Crippen LogP contribution >= 0.6 is 0 Å². The molecule has 2 aromatic rings. The highest BCUT2D eigenvalue weighted by molar-refractivity contribution is 6.07. The Hall–Kier alpha value is -1.78. The number of hydrogen-bond donors (Lipinski definition) is 1. The summed E-state index contributed by atoms with van der Waals surface area (Å²) >= 11 is 0. The molecule has 0 aliphatic carbocycles. The zero-order valence-corrected chi connectivity index (χ0v) is 7.31. The molecule has 2 rings (SSSR count). The zero-order valence-electron chi connectivity index (χ0n) is 7.31. The highest BCUT2D eigenvalue weighted by Gasteiger charge is 2.03. The fraction of sp³-hybridized carbons (Fsp3) is 0. The minimum Gasteiger partial charge on any atom is -0.385 e. The van der Waals surface area contributed by atoms with Crippen LogP contribution in [0, 0.1) is 0 Å². The highest BCUT2D eigenvalue weighted by Crippen LogP contribution is 2.15. The molecule has 0 unspecified atom stereocenters. The molecule has 64 valence electrons. The standard InChI is InChI=1S/C8H9BN4/c9-13-8(10)5-7(12-13)6-3-1-2-4-11-6/h1-5H,9-10H2. The van der Waals surface area contributed by atoms with Gasteiger partial charge in [-0.05, 0) is 12.1 Å². The van der Waals surface area contributed by atoms with E-state index in [-0.39, 0.29) is 0 Å². The van der Waals surface area contributed by atoms with Crippen molar-refractivity contribution in [1.82, 2.24) is 14.7 Å². The maximum atomic E-state index is 5.65. The van der Waals surface area contributed by atoms with Crippen LogP contribution in [0.3, 0.4) is 0 Å². The fourth-order valence-corrected chi connectivity index (χ4v) is 1.12. The fourth-order valence-electron chi connectivity index (χ4n) is 1.12. The molecule has 0 fully saturated rings. The third-order valence-electron chi connectivity index (χ3n) is 1.84. The van der Waals surface area contributed by atoms with Crippen LogP contribution < -0.4 is 5.73 Å². The first-order chi connectivity index (χ1) is 6.27.